The average Bonchev–Trinajstić information content (AvgIpc) is 3.25. The largest absolute Gasteiger partial charge is 0.390 e. The molecule has 9 nitrogen and oxygen atoms in total. The third kappa shape index (κ3) is 5.49. The van der Waals surface area contributed by atoms with Crippen LogP contribution in [0.1, 0.15) is 62.3 Å². The third-order valence-electron chi connectivity index (χ3n) is 6.19. The van der Waals surface area contributed by atoms with Crippen LogP contribution >= 0.6 is 0 Å². The Hall–Kier alpha value is -1.38. The van der Waals surface area contributed by atoms with Crippen molar-refractivity contribution in [2.75, 3.05) is 0 Å². The predicted octanol–water partition coefficient (Wildman–Crippen LogP) is 3.13. The number of aliphatic hydroxyl groups excluding tert-OH is 1. The fourth-order valence-electron chi connectivity index (χ4n) is 4.70. The molecule has 11 heteroatoms. The van der Waals surface area contributed by atoms with Crippen LogP contribution in [-0.2, 0) is 19.6 Å². The van der Waals surface area contributed by atoms with Gasteiger partial charge in [-0.2, -0.15) is 0 Å². The zero-order chi connectivity index (χ0) is 26.6. The summed E-state index contributed by atoms with van der Waals surface area (Å²) in [5, 5.41) is 10.6. The van der Waals surface area contributed by atoms with Crippen LogP contribution in [0.4, 0.5) is 5.82 Å². The Morgan fingerprint density at radius 3 is 2.14 bits per heavy atom. The second-order valence-corrected chi connectivity index (χ2v) is 16.2. The Labute approximate surface area is 213 Å². The quantitative estimate of drug-likeness (QED) is 0.583. The van der Waals surface area contributed by atoms with Crippen molar-refractivity contribution in [1.82, 2.24) is 19.5 Å². The van der Waals surface area contributed by atoms with E-state index >= 15 is 0 Å². The molecule has 1 N–H and O–H groups in total. The van der Waals surface area contributed by atoms with Gasteiger partial charge in [-0.05, 0) is 47.0 Å². The van der Waals surface area contributed by atoms with E-state index in [2.05, 4.69) is 32.7 Å². The first-order valence-electron chi connectivity index (χ1n) is 12.3. The van der Waals surface area contributed by atoms with Crippen molar-refractivity contribution in [2.24, 2.45) is 10.0 Å². The molecule has 35 heavy (non-hydrogen) atoms. The summed E-state index contributed by atoms with van der Waals surface area (Å²) in [6.07, 6.45) is 0.821. The van der Waals surface area contributed by atoms with Crippen molar-refractivity contribution in [1.29, 1.82) is 0 Å². The standard InChI is InChI=1S/C24H43N5O4Si2/c1-21(2,3)17(30)15-16(31-22(4,5)6)18(33-23(7,8)9)24(32-15,35(10)11)29-13-27-14-19(28-34)25-12-26-20(14)29/h12-13,15-18,30,35H,34H2,1-11H3/t15-,16+,17?,18+,24-/m0/s1. The van der Waals surface area contributed by atoms with Crippen LogP contribution in [-0.4, -0.2) is 79.1 Å². The molecular weight excluding hydrogens is 478 g/mol. The topological polar surface area (TPSA) is 104 Å². The van der Waals surface area contributed by atoms with Gasteiger partial charge in [-0.15, -0.1) is 0 Å². The molecule has 196 valence electrons. The van der Waals surface area contributed by atoms with Gasteiger partial charge >= 0.3 is 0 Å². The molecule has 0 amide bonds. The Bertz CT molecular complexity index is 1060. The molecule has 2 aromatic rings. The van der Waals surface area contributed by atoms with E-state index < -0.39 is 55.2 Å². The molecule has 0 aliphatic carbocycles. The van der Waals surface area contributed by atoms with Gasteiger partial charge in [0.15, 0.2) is 22.3 Å². The Balaban J connectivity index is 2.33. The van der Waals surface area contributed by atoms with E-state index in [1.807, 2.05) is 66.9 Å². The molecule has 1 aliphatic heterocycles. The molecule has 5 atom stereocenters. The maximum absolute atomic E-state index is 11.6. The molecule has 1 fully saturated rings. The van der Waals surface area contributed by atoms with Gasteiger partial charge in [-0.3, -0.25) is 9.20 Å². The molecule has 2 aromatic heterocycles. The summed E-state index contributed by atoms with van der Waals surface area (Å²) in [7, 11) is -0.303. The Kier molecular flexibility index (Phi) is 7.65. The summed E-state index contributed by atoms with van der Waals surface area (Å²) in [6.45, 7) is 22.6. The van der Waals surface area contributed by atoms with Crippen molar-refractivity contribution in [3.8, 4) is 0 Å². The normalized spacial score (nSPS) is 27.1. The minimum absolute atomic E-state index is 0.431. The lowest BCUT2D eigenvalue weighted by Crippen LogP contribution is -2.58. The number of ether oxygens (including phenoxy) is 3. The van der Waals surface area contributed by atoms with Crippen LogP contribution < -0.4 is 0 Å². The van der Waals surface area contributed by atoms with Crippen LogP contribution in [0.5, 0.6) is 0 Å². The van der Waals surface area contributed by atoms with Crippen LogP contribution in [0.15, 0.2) is 17.3 Å². The third-order valence-corrected chi connectivity index (χ3v) is 8.89. The second-order valence-electron chi connectivity index (χ2n) is 12.8. The summed E-state index contributed by atoms with van der Waals surface area (Å²) in [5.74, 6) is 0.535. The summed E-state index contributed by atoms with van der Waals surface area (Å²) in [4.78, 5) is 13.5. The summed E-state index contributed by atoms with van der Waals surface area (Å²) >= 11 is 0. The molecule has 1 saturated heterocycles. The number of aliphatic hydroxyl groups is 1. The van der Waals surface area contributed by atoms with Gasteiger partial charge in [0, 0.05) is 0 Å². The van der Waals surface area contributed by atoms with Gasteiger partial charge in [0.1, 0.15) is 24.6 Å². The van der Waals surface area contributed by atoms with E-state index in [9.17, 15) is 5.11 Å². The van der Waals surface area contributed by atoms with Gasteiger partial charge in [0.25, 0.3) is 0 Å². The first-order chi connectivity index (χ1) is 15.9. The second kappa shape index (κ2) is 9.49. The number of aromatic nitrogens is 4. The van der Waals surface area contributed by atoms with E-state index in [-0.39, 0.29) is 0 Å². The molecule has 3 heterocycles. The van der Waals surface area contributed by atoms with E-state index in [1.165, 1.54) is 16.4 Å². The first kappa shape index (κ1) is 28.2. The van der Waals surface area contributed by atoms with Crippen molar-refractivity contribution in [2.45, 2.75) is 116 Å². The highest BCUT2D eigenvalue weighted by Crippen LogP contribution is 2.47. The summed E-state index contributed by atoms with van der Waals surface area (Å²) in [5.41, 5.74) is -0.150. The smallest absolute Gasteiger partial charge is 0.173 e. The van der Waals surface area contributed by atoms with E-state index in [4.69, 9.17) is 14.2 Å². The van der Waals surface area contributed by atoms with Crippen molar-refractivity contribution in [3.63, 3.8) is 0 Å². The number of nitrogens with zero attached hydrogens (tertiary/aromatic N) is 5. The monoisotopic (exact) mass is 521 g/mol. The van der Waals surface area contributed by atoms with Crippen molar-refractivity contribution >= 4 is 35.8 Å². The van der Waals surface area contributed by atoms with Crippen LogP contribution in [0.3, 0.4) is 0 Å². The van der Waals surface area contributed by atoms with E-state index in [0.717, 1.165) is 0 Å². The maximum Gasteiger partial charge on any atom is 0.173 e. The number of fused-ring (bicyclic) bond motifs is 1. The van der Waals surface area contributed by atoms with Crippen LogP contribution in [0.2, 0.25) is 13.1 Å². The van der Waals surface area contributed by atoms with Gasteiger partial charge in [0.05, 0.1) is 42.5 Å². The molecule has 0 spiro atoms. The molecule has 3 rings (SSSR count). The minimum atomic E-state index is -1.78. The van der Waals surface area contributed by atoms with Gasteiger partial charge in [-0.1, -0.05) is 33.9 Å². The lowest BCUT2D eigenvalue weighted by molar-refractivity contribution is -0.175. The summed E-state index contributed by atoms with van der Waals surface area (Å²) in [6, 6.07) is 0. The molecule has 0 aromatic carbocycles. The minimum Gasteiger partial charge on any atom is -0.390 e. The van der Waals surface area contributed by atoms with Gasteiger partial charge in [-0.25, -0.2) is 15.0 Å². The number of imidazole rings is 1. The zero-order valence-corrected chi connectivity index (χ0v) is 25.7. The number of rotatable bonds is 6. The fourth-order valence-corrected chi connectivity index (χ4v) is 7.02. The van der Waals surface area contributed by atoms with Crippen molar-refractivity contribution in [3.05, 3.63) is 12.7 Å². The van der Waals surface area contributed by atoms with Crippen LogP contribution in [0, 0.1) is 5.41 Å². The molecule has 0 radical (unpaired) electrons. The lowest BCUT2D eigenvalue weighted by atomic mass is 9.83. The van der Waals surface area contributed by atoms with Crippen molar-refractivity contribution < 1.29 is 19.3 Å². The van der Waals surface area contributed by atoms with Crippen LogP contribution in [0.25, 0.3) is 11.2 Å². The SMILES string of the molecule is C[SiH](C)[C@@]1(n2cnc3c(N=[SiH2])ncnc32)O[C@H](C(O)C(C)(C)C)[C@@H](OC(C)(C)C)[C@H]1OC(C)(C)C. The molecular formula is C24H43N5O4Si2. The fraction of sp³-hybridized carbons (Fsp3) is 0.792. The Morgan fingerprint density at radius 2 is 1.66 bits per heavy atom. The van der Waals surface area contributed by atoms with E-state index in [0.29, 0.717) is 17.0 Å². The lowest BCUT2D eigenvalue weighted by Gasteiger charge is -2.42. The zero-order valence-electron chi connectivity index (χ0n) is 23.2. The molecule has 0 bridgehead atoms. The average molecular weight is 522 g/mol. The molecule has 0 saturated carbocycles. The highest BCUT2D eigenvalue weighted by molar-refractivity contribution is 6.58. The first-order valence-corrected chi connectivity index (χ1v) is 15.8. The predicted molar refractivity (Wildman–Crippen MR) is 142 cm³/mol. The number of hydrogen-bond donors (Lipinski definition) is 1. The number of hydrogen-bond acceptors (Lipinski definition) is 8. The highest BCUT2D eigenvalue weighted by atomic mass is 28.3. The Morgan fingerprint density at radius 1 is 1.06 bits per heavy atom. The van der Waals surface area contributed by atoms with E-state index in [1.54, 1.807) is 6.33 Å². The molecule has 1 unspecified atom stereocenters. The van der Waals surface area contributed by atoms with Gasteiger partial charge in [0.2, 0.25) is 0 Å². The van der Waals surface area contributed by atoms with Gasteiger partial charge < -0.3 is 19.3 Å². The summed E-state index contributed by atoms with van der Waals surface area (Å²) < 4.78 is 26.8. The maximum atomic E-state index is 11.6. The molecule has 1 aliphatic rings. The highest BCUT2D eigenvalue weighted by Gasteiger charge is 2.63.